The highest BCUT2D eigenvalue weighted by molar-refractivity contribution is 7.20. The predicted molar refractivity (Wildman–Crippen MR) is 79.6 cm³/mol. The van der Waals surface area contributed by atoms with Crippen molar-refractivity contribution in [2.75, 3.05) is 13.1 Å². The third-order valence-electron chi connectivity index (χ3n) is 2.84. The van der Waals surface area contributed by atoms with E-state index in [2.05, 4.69) is 10.6 Å². The van der Waals surface area contributed by atoms with Crippen LogP contribution in [-0.2, 0) is 0 Å². The van der Waals surface area contributed by atoms with Crippen LogP contribution in [0.5, 0.6) is 0 Å². The summed E-state index contributed by atoms with van der Waals surface area (Å²) in [7, 11) is 0. The van der Waals surface area contributed by atoms with Crippen LogP contribution < -0.4 is 10.6 Å². The summed E-state index contributed by atoms with van der Waals surface area (Å²) in [6, 6.07) is 2.15. The van der Waals surface area contributed by atoms with Crippen LogP contribution in [0.1, 0.15) is 29.6 Å². The van der Waals surface area contributed by atoms with E-state index in [1.165, 1.54) is 24.2 Å². The summed E-state index contributed by atoms with van der Waals surface area (Å²) >= 11 is 12.9. The predicted octanol–water partition coefficient (Wildman–Crippen LogP) is 3.35. The van der Waals surface area contributed by atoms with Crippen LogP contribution in [-0.4, -0.2) is 25.0 Å². The van der Waals surface area contributed by atoms with Crippen LogP contribution in [0.25, 0.3) is 0 Å². The molecule has 0 aromatic carbocycles. The average molecular weight is 330 g/mol. The lowest BCUT2D eigenvalue weighted by Crippen LogP contribution is -2.30. The van der Waals surface area contributed by atoms with Gasteiger partial charge in [0.15, 0.2) is 0 Å². The Hall–Kier alpha value is -0.0000000000000000555. The molecule has 1 fully saturated rings. The first-order chi connectivity index (χ1) is 8.16. The number of carbonyl (C=O) groups is 1. The highest BCUT2D eigenvalue weighted by Crippen LogP contribution is 2.30. The zero-order valence-corrected chi connectivity index (χ0v) is 12.8. The summed E-state index contributed by atoms with van der Waals surface area (Å²) in [5.74, 6) is -0.142. The first kappa shape index (κ1) is 16.1. The van der Waals surface area contributed by atoms with E-state index in [0.717, 1.165) is 13.0 Å². The second-order valence-corrected chi connectivity index (χ2v) is 6.36. The molecular formula is C11H15Cl3N2OS. The summed E-state index contributed by atoms with van der Waals surface area (Å²) in [6.45, 7) is 1.75. The van der Waals surface area contributed by atoms with E-state index >= 15 is 0 Å². The van der Waals surface area contributed by atoms with Crippen molar-refractivity contribution in [1.29, 1.82) is 0 Å². The lowest BCUT2D eigenvalue weighted by Gasteiger charge is -2.10. The van der Waals surface area contributed by atoms with Gasteiger partial charge in [0.1, 0.15) is 4.34 Å². The average Bonchev–Trinajstić information content (AvgIpc) is 2.88. The number of thiophene rings is 1. The smallest absolute Gasteiger partial charge is 0.253 e. The highest BCUT2D eigenvalue weighted by Gasteiger charge is 2.16. The van der Waals surface area contributed by atoms with Crippen molar-refractivity contribution >= 4 is 52.9 Å². The van der Waals surface area contributed by atoms with Gasteiger partial charge in [-0.1, -0.05) is 23.2 Å². The van der Waals surface area contributed by atoms with Gasteiger partial charge in [-0.25, -0.2) is 0 Å². The molecule has 0 saturated carbocycles. The normalized spacial score (nSPS) is 18.4. The van der Waals surface area contributed by atoms with E-state index in [9.17, 15) is 4.79 Å². The molecule has 7 heteroatoms. The Balaban J connectivity index is 0.00000162. The SMILES string of the molecule is Cl.O=C(NCC[C@H]1CCCN1)c1cc(Cl)sc1Cl. The molecule has 1 saturated heterocycles. The van der Waals surface area contributed by atoms with Crippen LogP contribution >= 0.6 is 46.9 Å². The van der Waals surface area contributed by atoms with Crippen molar-refractivity contribution in [3.63, 3.8) is 0 Å². The van der Waals surface area contributed by atoms with Gasteiger partial charge in [-0.15, -0.1) is 23.7 Å². The number of rotatable bonds is 4. The summed E-state index contributed by atoms with van der Waals surface area (Å²) < 4.78 is 0.990. The van der Waals surface area contributed by atoms with E-state index in [4.69, 9.17) is 23.2 Å². The van der Waals surface area contributed by atoms with Gasteiger partial charge in [-0.2, -0.15) is 0 Å². The summed E-state index contributed by atoms with van der Waals surface area (Å²) in [6.07, 6.45) is 3.38. The minimum Gasteiger partial charge on any atom is -0.352 e. The Bertz CT molecular complexity index is 405. The Morgan fingerprint density at radius 2 is 2.33 bits per heavy atom. The van der Waals surface area contributed by atoms with E-state index in [0.29, 0.717) is 26.8 Å². The molecule has 1 aliphatic rings. The van der Waals surface area contributed by atoms with Gasteiger partial charge in [-0.05, 0) is 31.9 Å². The number of nitrogens with one attached hydrogen (secondary N) is 2. The topological polar surface area (TPSA) is 41.1 Å². The molecule has 18 heavy (non-hydrogen) atoms. The third-order valence-corrected chi connectivity index (χ3v) is 4.33. The largest absolute Gasteiger partial charge is 0.352 e. The summed E-state index contributed by atoms with van der Waals surface area (Å²) in [5, 5.41) is 6.25. The molecule has 2 N–H and O–H groups in total. The molecule has 1 aliphatic heterocycles. The second-order valence-electron chi connectivity index (χ2n) is 4.08. The number of carbonyl (C=O) groups excluding carboxylic acids is 1. The number of amides is 1. The Morgan fingerprint density at radius 1 is 1.56 bits per heavy atom. The monoisotopic (exact) mass is 328 g/mol. The fourth-order valence-electron chi connectivity index (χ4n) is 1.95. The van der Waals surface area contributed by atoms with E-state index in [-0.39, 0.29) is 18.3 Å². The number of halogens is 3. The molecule has 1 aromatic heterocycles. The molecule has 0 radical (unpaired) electrons. The van der Waals surface area contributed by atoms with Gasteiger partial charge >= 0.3 is 0 Å². The van der Waals surface area contributed by atoms with Crippen LogP contribution in [0.2, 0.25) is 8.67 Å². The van der Waals surface area contributed by atoms with Crippen molar-refractivity contribution in [2.24, 2.45) is 0 Å². The van der Waals surface area contributed by atoms with Crippen molar-refractivity contribution in [3.8, 4) is 0 Å². The van der Waals surface area contributed by atoms with Crippen LogP contribution in [0, 0.1) is 0 Å². The molecule has 0 bridgehead atoms. The van der Waals surface area contributed by atoms with E-state index in [1.807, 2.05) is 0 Å². The van der Waals surface area contributed by atoms with Gasteiger partial charge in [0.2, 0.25) is 0 Å². The fraction of sp³-hybridized carbons (Fsp3) is 0.545. The lowest BCUT2D eigenvalue weighted by atomic mass is 10.1. The van der Waals surface area contributed by atoms with E-state index < -0.39 is 0 Å². The zero-order chi connectivity index (χ0) is 12.3. The first-order valence-electron chi connectivity index (χ1n) is 5.63. The molecule has 102 valence electrons. The van der Waals surface area contributed by atoms with Crippen LogP contribution in [0.4, 0.5) is 0 Å². The molecular weight excluding hydrogens is 315 g/mol. The fourth-order valence-corrected chi connectivity index (χ4v) is 3.41. The number of hydrogen-bond donors (Lipinski definition) is 2. The molecule has 1 aromatic rings. The first-order valence-corrected chi connectivity index (χ1v) is 7.20. The maximum absolute atomic E-state index is 11.8. The minimum absolute atomic E-state index is 0. The molecule has 3 nitrogen and oxygen atoms in total. The molecule has 0 spiro atoms. The number of hydrogen-bond acceptors (Lipinski definition) is 3. The van der Waals surface area contributed by atoms with Gasteiger partial charge < -0.3 is 10.6 Å². The van der Waals surface area contributed by atoms with Crippen molar-refractivity contribution in [2.45, 2.75) is 25.3 Å². The van der Waals surface area contributed by atoms with Gasteiger partial charge in [0.25, 0.3) is 5.91 Å². The Kier molecular flexibility index (Phi) is 6.74. The van der Waals surface area contributed by atoms with Gasteiger partial charge in [0, 0.05) is 12.6 Å². The van der Waals surface area contributed by atoms with Crippen molar-refractivity contribution in [1.82, 2.24) is 10.6 Å². The van der Waals surface area contributed by atoms with E-state index in [1.54, 1.807) is 6.07 Å². The molecule has 0 aliphatic carbocycles. The molecule has 1 atom stereocenters. The lowest BCUT2D eigenvalue weighted by molar-refractivity contribution is 0.0953. The standard InChI is InChI=1S/C11H14Cl2N2OS.ClH/c12-9-6-8(10(13)17-9)11(16)15-5-3-7-2-1-4-14-7;/h6-7,14H,1-5H2,(H,15,16);1H/t7-;/m1./s1. The quantitative estimate of drug-likeness (QED) is 0.889. The maximum Gasteiger partial charge on any atom is 0.253 e. The third kappa shape index (κ3) is 4.28. The maximum atomic E-state index is 11.8. The molecule has 2 rings (SSSR count). The molecule has 1 amide bonds. The second kappa shape index (κ2) is 7.56. The van der Waals surface area contributed by atoms with Gasteiger partial charge in [0.05, 0.1) is 9.90 Å². The zero-order valence-electron chi connectivity index (χ0n) is 9.67. The summed E-state index contributed by atoms with van der Waals surface area (Å²) in [4.78, 5) is 11.8. The Morgan fingerprint density at radius 3 is 2.89 bits per heavy atom. The Labute approximate surface area is 127 Å². The van der Waals surface area contributed by atoms with Crippen molar-refractivity contribution in [3.05, 3.63) is 20.3 Å². The van der Waals surface area contributed by atoms with Crippen LogP contribution in [0.3, 0.4) is 0 Å². The van der Waals surface area contributed by atoms with Gasteiger partial charge in [-0.3, -0.25) is 4.79 Å². The summed E-state index contributed by atoms with van der Waals surface area (Å²) in [5.41, 5.74) is 0.473. The highest BCUT2D eigenvalue weighted by atomic mass is 35.5. The van der Waals surface area contributed by atoms with Crippen LogP contribution in [0.15, 0.2) is 6.07 Å². The molecule has 0 unspecified atom stereocenters. The minimum atomic E-state index is -0.142. The molecule has 2 heterocycles. The van der Waals surface area contributed by atoms with Crippen molar-refractivity contribution < 1.29 is 4.79 Å².